The highest BCUT2D eigenvalue weighted by molar-refractivity contribution is 5.99. The Bertz CT molecular complexity index is 360. The molecule has 1 rings (SSSR count). The van der Waals surface area contributed by atoms with E-state index in [1.54, 1.807) is 0 Å². The van der Waals surface area contributed by atoms with E-state index < -0.39 is 5.97 Å². The van der Waals surface area contributed by atoms with Gasteiger partial charge in [-0.25, -0.2) is 4.79 Å². The Morgan fingerprint density at radius 3 is 2.62 bits per heavy atom. The van der Waals surface area contributed by atoms with E-state index in [1.807, 2.05) is 0 Å². The SMILES string of the molecule is N/C(=N/[O-])c1cccc(C(=O)O)c1. The van der Waals surface area contributed by atoms with Crippen LogP contribution in [0.5, 0.6) is 0 Å². The van der Waals surface area contributed by atoms with E-state index >= 15 is 0 Å². The lowest BCUT2D eigenvalue weighted by Crippen LogP contribution is -2.13. The van der Waals surface area contributed by atoms with Gasteiger partial charge in [0, 0.05) is 5.56 Å². The van der Waals surface area contributed by atoms with Gasteiger partial charge in [-0.05, 0) is 12.1 Å². The minimum absolute atomic E-state index is 0.0732. The van der Waals surface area contributed by atoms with Crippen molar-refractivity contribution < 1.29 is 9.90 Å². The largest absolute Gasteiger partial charge is 0.790 e. The normalized spacial score (nSPS) is 11.2. The topological polar surface area (TPSA) is 98.7 Å². The van der Waals surface area contributed by atoms with Crippen molar-refractivity contribution in [3.05, 3.63) is 40.6 Å². The standard InChI is InChI=1S/C8H8N2O3/c9-7(10-13)5-2-1-3-6(4-5)8(11)12/h1-4,13H,(H2,9,10)(H,11,12)/p-1. The van der Waals surface area contributed by atoms with Gasteiger partial charge in [-0.3, -0.25) is 0 Å². The van der Waals surface area contributed by atoms with E-state index in [9.17, 15) is 10.0 Å². The lowest BCUT2D eigenvalue weighted by atomic mass is 10.1. The molecule has 0 saturated heterocycles. The molecule has 0 saturated carbocycles. The minimum Gasteiger partial charge on any atom is -0.790 e. The molecule has 5 nitrogen and oxygen atoms in total. The van der Waals surface area contributed by atoms with E-state index in [1.165, 1.54) is 24.3 Å². The van der Waals surface area contributed by atoms with Crippen LogP contribution in [0.1, 0.15) is 15.9 Å². The molecule has 0 aromatic heterocycles. The molecule has 1 aromatic rings. The Morgan fingerprint density at radius 2 is 2.08 bits per heavy atom. The molecule has 0 aliphatic carbocycles. The third-order valence-corrected chi connectivity index (χ3v) is 1.50. The zero-order chi connectivity index (χ0) is 9.84. The highest BCUT2D eigenvalue weighted by Crippen LogP contribution is 2.04. The van der Waals surface area contributed by atoms with Gasteiger partial charge in [0.15, 0.2) is 0 Å². The van der Waals surface area contributed by atoms with E-state index in [0.29, 0.717) is 5.56 Å². The van der Waals surface area contributed by atoms with Crippen LogP contribution >= 0.6 is 0 Å². The van der Waals surface area contributed by atoms with E-state index in [4.69, 9.17) is 10.8 Å². The second-order valence-electron chi connectivity index (χ2n) is 2.36. The molecule has 3 N–H and O–H groups in total. The second-order valence-corrected chi connectivity index (χ2v) is 2.36. The first-order valence-corrected chi connectivity index (χ1v) is 3.44. The fourth-order valence-corrected chi connectivity index (χ4v) is 0.864. The Balaban J connectivity index is 3.13. The number of nitrogens with zero attached hydrogens (tertiary/aromatic N) is 1. The van der Waals surface area contributed by atoms with Crippen LogP contribution < -0.4 is 5.73 Å². The summed E-state index contributed by atoms with van der Waals surface area (Å²) in [5, 5.41) is 21.1. The fraction of sp³-hybridized carbons (Fsp3) is 0. The highest BCUT2D eigenvalue weighted by atomic mass is 16.4. The summed E-state index contributed by atoms with van der Waals surface area (Å²) in [5.74, 6) is -1.29. The van der Waals surface area contributed by atoms with Gasteiger partial charge in [-0.2, -0.15) is 0 Å². The molecule has 0 heterocycles. The van der Waals surface area contributed by atoms with Gasteiger partial charge >= 0.3 is 5.97 Å². The van der Waals surface area contributed by atoms with Crippen LogP contribution in [0.4, 0.5) is 0 Å². The number of hydrogen-bond acceptors (Lipinski definition) is 3. The summed E-state index contributed by atoms with van der Waals surface area (Å²) in [6.45, 7) is 0. The maximum Gasteiger partial charge on any atom is 0.335 e. The van der Waals surface area contributed by atoms with Gasteiger partial charge < -0.3 is 21.2 Å². The highest BCUT2D eigenvalue weighted by Gasteiger charge is 2.03. The van der Waals surface area contributed by atoms with Crippen molar-refractivity contribution in [3.63, 3.8) is 0 Å². The van der Waals surface area contributed by atoms with Crippen molar-refractivity contribution in [3.8, 4) is 0 Å². The maximum atomic E-state index is 10.5. The third kappa shape index (κ3) is 1.96. The van der Waals surface area contributed by atoms with Crippen LogP contribution in [0.25, 0.3) is 0 Å². The zero-order valence-corrected chi connectivity index (χ0v) is 6.60. The summed E-state index contributed by atoms with van der Waals surface area (Å²) >= 11 is 0. The Morgan fingerprint density at radius 1 is 1.46 bits per heavy atom. The molecule has 0 unspecified atom stereocenters. The molecule has 0 aliphatic heterocycles. The molecule has 13 heavy (non-hydrogen) atoms. The predicted octanol–water partition coefficient (Wildman–Crippen LogP) is 0.588. The summed E-state index contributed by atoms with van der Waals surface area (Å²) in [7, 11) is 0. The van der Waals surface area contributed by atoms with Crippen molar-refractivity contribution in [1.82, 2.24) is 0 Å². The van der Waals surface area contributed by atoms with E-state index in [0.717, 1.165) is 0 Å². The average molecular weight is 179 g/mol. The number of carboxylic acids is 1. The van der Waals surface area contributed by atoms with Gasteiger partial charge in [-0.1, -0.05) is 12.1 Å². The Kier molecular flexibility index (Phi) is 2.49. The van der Waals surface area contributed by atoms with Crippen molar-refractivity contribution >= 4 is 11.8 Å². The van der Waals surface area contributed by atoms with Gasteiger partial charge in [0.25, 0.3) is 0 Å². The van der Waals surface area contributed by atoms with Gasteiger partial charge in [0.1, 0.15) is 5.84 Å². The minimum atomic E-state index is -1.07. The number of carboxylic acid groups (broad SMARTS) is 1. The van der Waals surface area contributed by atoms with E-state index in [2.05, 4.69) is 5.16 Å². The molecular weight excluding hydrogens is 172 g/mol. The summed E-state index contributed by atoms with van der Waals surface area (Å²) in [5.41, 5.74) is 5.60. The van der Waals surface area contributed by atoms with Crippen LogP contribution in [0.3, 0.4) is 0 Å². The summed E-state index contributed by atoms with van der Waals surface area (Å²) in [4.78, 5) is 10.5. The van der Waals surface area contributed by atoms with Crippen molar-refractivity contribution in [2.75, 3.05) is 0 Å². The molecule has 0 amide bonds. The molecule has 0 aliphatic rings. The molecule has 5 heteroatoms. The second kappa shape index (κ2) is 3.57. The Hall–Kier alpha value is -2.04. The van der Waals surface area contributed by atoms with Crippen LogP contribution in [0.2, 0.25) is 0 Å². The van der Waals surface area contributed by atoms with Crippen molar-refractivity contribution in [1.29, 1.82) is 0 Å². The number of aromatic carboxylic acids is 1. The van der Waals surface area contributed by atoms with Crippen LogP contribution in [-0.2, 0) is 0 Å². The molecule has 0 bridgehead atoms. The average Bonchev–Trinajstić information content (AvgIpc) is 2.17. The van der Waals surface area contributed by atoms with Gasteiger partial charge in [-0.15, -0.1) is 0 Å². The van der Waals surface area contributed by atoms with Crippen molar-refractivity contribution in [2.45, 2.75) is 0 Å². The molecule has 0 fully saturated rings. The summed E-state index contributed by atoms with van der Waals surface area (Å²) in [6, 6.07) is 5.71. The monoisotopic (exact) mass is 179 g/mol. The number of benzene rings is 1. The number of rotatable bonds is 2. The van der Waals surface area contributed by atoms with Gasteiger partial charge in [0.2, 0.25) is 0 Å². The number of amidine groups is 1. The number of carbonyl (C=O) groups is 1. The Labute approximate surface area is 74.1 Å². The molecule has 0 spiro atoms. The van der Waals surface area contributed by atoms with Crippen LogP contribution in [0, 0.1) is 5.21 Å². The maximum absolute atomic E-state index is 10.5. The number of hydrogen-bond donors (Lipinski definition) is 2. The molecule has 0 atom stereocenters. The lowest BCUT2D eigenvalue weighted by Gasteiger charge is -2.03. The molecule has 68 valence electrons. The first kappa shape index (κ1) is 9.05. The summed E-state index contributed by atoms with van der Waals surface area (Å²) in [6.07, 6.45) is 0. The van der Waals surface area contributed by atoms with Crippen molar-refractivity contribution in [2.24, 2.45) is 10.9 Å². The molecular formula is C8H7N2O3-. The zero-order valence-electron chi connectivity index (χ0n) is 6.60. The third-order valence-electron chi connectivity index (χ3n) is 1.50. The van der Waals surface area contributed by atoms with Crippen LogP contribution in [-0.4, -0.2) is 16.9 Å². The quantitative estimate of drug-likeness (QED) is 0.394. The summed E-state index contributed by atoms with van der Waals surface area (Å²) < 4.78 is 0. The first-order chi connectivity index (χ1) is 6.15. The van der Waals surface area contributed by atoms with Crippen LogP contribution in [0.15, 0.2) is 29.4 Å². The fourth-order valence-electron chi connectivity index (χ4n) is 0.864. The molecule has 0 radical (unpaired) electrons. The lowest BCUT2D eigenvalue weighted by molar-refractivity contribution is 0.0697. The van der Waals surface area contributed by atoms with E-state index in [-0.39, 0.29) is 11.4 Å². The van der Waals surface area contributed by atoms with Gasteiger partial charge in [0.05, 0.1) is 5.56 Å². The smallest absolute Gasteiger partial charge is 0.335 e. The molecule has 1 aromatic carbocycles. The first-order valence-electron chi connectivity index (χ1n) is 3.44. The predicted molar refractivity (Wildman–Crippen MR) is 47.5 cm³/mol. The number of nitrogens with two attached hydrogens (primary N) is 1.